The molecule has 0 aliphatic carbocycles. The first kappa shape index (κ1) is 10.2. The topological polar surface area (TPSA) is 38.3 Å². The molecule has 0 unspecified atom stereocenters. The van der Waals surface area contributed by atoms with Crippen LogP contribution in [0.2, 0.25) is 13.1 Å². The van der Waals surface area contributed by atoms with Crippen LogP contribution in [0.15, 0.2) is 12.3 Å². The van der Waals surface area contributed by atoms with Gasteiger partial charge in [-0.2, -0.15) is 0 Å². The summed E-state index contributed by atoms with van der Waals surface area (Å²) in [4.78, 5) is 10.6. The Balaban J connectivity index is 3.69. The molecule has 0 aromatic rings. The number of rotatable bonds is 3. The smallest absolute Gasteiger partial charge is 0.406 e. The molecule has 0 aromatic carbocycles. The first-order valence-electron chi connectivity index (χ1n) is 3.50. The summed E-state index contributed by atoms with van der Waals surface area (Å²) in [5.41, 5.74) is 1.90. The van der Waals surface area contributed by atoms with E-state index in [0.29, 0.717) is 6.23 Å². The van der Waals surface area contributed by atoms with Crippen molar-refractivity contribution in [1.29, 1.82) is 0 Å². The molecule has 1 amide bonds. The van der Waals surface area contributed by atoms with Crippen LogP contribution in [0, 0.1) is 0 Å². The van der Waals surface area contributed by atoms with E-state index in [1.54, 1.807) is 7.05 Å². The van der Waals surface area contributed by atoms with Gasteiger partial charge in [0.1, 0.15) is 8.07 Å². The first-order chi connectivity index (χ1) is 5.02. The Hall–Kier alpha value is -0.773. The van der Waals surface area contributed by atoms with Crippen LogP contribution in [0.1, 0.15) is 0 Å². The summed E-state index contributed by atoms with van der Waals surface area (Å²) in [6.45, 7) is 7.86. The maximum absolute atomic E-state index is 10.6. The summed E-state index contributed by atoms with van der Waals surface area (Å²) in [6.07, 6.45) is 0.128. The predicted octanol–water partition coefficient (Wildman–Crippen LogP) is 1.32. The van der Waals surface area contributed by atoms with Gasteiger partial charge in [-0.3, -0.25) is 0 Å². The third-order valence-electron chi connectivity index (χ3n) is 1.33. The van der Waals surface area contributed by atoms with E-state index >= 15 is 0 Å². The van der Waals surface area contributed by atoms with Gasteiger partial charge in [0, 0.05) is 7.05 Å². The van der Waals surface area contributed by atoms with Crippen LogP contribution in [0.25, 0.3) is 0 Å². The van der Waals surface area contributed by atoms with Gasteiger partial charge in [-0.15, -0.1) is 6.58 Å². The Labute approximate surface area is 68.4 Å². The van der Waals surface area contributed by atoms with Crippen LogP contribution < -0.4 is 5.32 Å². The Morgan fingerprint density at radius 3 is 2.64 bits per heavy atom. The number of alkyl carbamates (subject to hydrolysis) is 1. The van der Waals surface area contributed by atoms with Crippen molar-refractivity contribution < 1.29 is 9.53 Å². The molecule has 4 heteroatoms. The summed E-state index contributed by atoms with van der Waals surface area (Å²) in [5, 5.41) is 2.39. The molecule has 0 aliphatic rings. The van der Waals surface area contributed by atoms with E-state index in [0.717, 1.165) is 0 Å². The van der Waals surface area contributed by atoms with Gasteiger partial charge in [0.25, 0.3) is 0 Å². The maximum atomic E-state index is 10.6. The van der Waals surface area contributed by atoms with Gasteiger partial charge in [0.15, 0.2) is 0 Å². The highest BCUT2D eigenvalue weighted by Crippen LogP contribution is 2.02. The van der Waals surface area contributed by atoms with Gasteiger partial charge < -0.3 is 10.1 Å². The second-order valence-electron chi connectivity index (χ2n) is 3.02. The lowest BCUT2D eigenvalue weighted by atomic mass is 11.1. The quantitative estimate of drug-likeness (QED) is 0.654. The van der Waals surface area contributed by atoms with Gasteiger partial charge in [-0.1, -0.05) is 18.8 Å². The zero-order chi connectivity index (χ0) is 8.91. The molecule has 0 aliphatic heterocycles. The van der Waals surface area contributed by atoms with Crippen molar-refractivity contribution in [1.82, 2.24) is 5.32 Å². The molecule has 0 spiro atoms. The zero-order valence-electron chi connectivity index (χ0n) is 7.31. The SMILES string of the molecule is C=C[Si](C)(C)COC(=O)NC. The van der Waals surface area contributed by atoms with Gasteiger partial charge >= 0.3 is 6.09 Å². The Kier molecular flexibility index (Phi) is 3.88. The molecule has 0 bridgehead atoms. The lowest BCUT2D eigenvalue weighted by Crippen LogP contribution is -2.34. The summed E-state index contributed by atoms with van der Waals surface area (Å²) in [6, 6.07) is 0. The average Bonchev–Trinajstić information content (AvgIpc) is 2.00. The molecule has 0 aromatic heterocycles. The molecular formula is C7H15NO2Si. The number of nitrogens with one attached hydrogen (secondary N) is 1. The summed E-state index contributed by atoms with van der Waals surface area (Å²) in [7, 11) is 0.0709. The van der Waals surface area contributed by atoms with Crippen molar-refractivity contribution in [2.75, 3.05) is 13.3 Å². The second kappa shape index (κ2) is 4.18. The van der Waals surface area contributed by atoms with Crippen molar-refractivity contribution in [2.45, 2.75) is 13.1 Å². The summed E-state index contributed by atoms with van der Waals surface area (Å²) >= 11 is 0. The zero-order valence-corrected chi connectivity index (χ0v) is 8.31. The van der Waals surface area contributed by atoms with Crippen molar-refractivity contribution in [2.24, 2.45) is 0 Å². The third kappa shape index (κ3) is 4.61. The minimum absolute atomic E-state index is 0.368. The van der Waals surface area contributed by atoms with Gasteiger partial charge in [-0.25, -0.2) is 4.79 Å². The van der Waals surface area contributed by atoms with Crippen LogP contribution in [-0.4, -0.2) is 27.4 Å². The number of carbonyl (C=O) groups is 1. The fourth-order valence-corrected chi connectivity index (χ4v) is 1.00. The summed E-state index contributed by atoms with van der Waals surface area (Å²) in [5.74, 6) is 0. The molecule has 0 saturated heterocycles. The highest BCUT2D eigenvalue weighted by atomic mass is 28.3. The molecule has 0 fully saturated rings. The van der Waals surface area contributed by atoms with E-state index in [4.69, 9.17) is 4.74 Å². The van der Waals surface area contributed by atoms with Gasteiger partial charge in [-0.05, 0) is 0 Å². The van der Waals surface area contributed by atoms with E-state index in [9.17, 15) is 4.79 Å². The van der Waals surface area contributed by atoms with Crippen LogP contribution in [0.5, 0.6) is 0 Å². The number of hydrogen-bond acceptors (Lipinski definition) is 2. The second-order valence-corrected chi connectivity index (χ2v) is 7.69. The summed E-state index contributed by atoms with van der Waals surface area (Å²) < 4.78 is 4.89. The number of carbonyl (C=O) groups excluding carboxylic acids is 1. The minimum Gasteiger partial charge on any atom is -0.453 e. The molecule has 0 rings (SSSR count). The Bertz CT molecular complexity index is 157. The Morgan fingerprint density at radius 1 is 1.73 bits per heavy atom. The highest BCUT2D eigenvalue weighted by molar-refractivity contribution is 6.82. The standard InChI is InChI=1S/C7H15NO2Si/c1-5-11(3,4)6-10-7(9)8-2/h5H,1,6H2,2-4H3,(H,8,9). The average molecular weight is 173 g/mol. The number of amides is 1. The molecule has 11 heavy (non-hydrogen) atoms. The number of ether oxygens (including phenoxy) is 1. The molecule has 3 nitrogen and oxygen atoms in total. The van der Waals surface area contributed by atoms with E-state index < -0.39 is 8.07 Å². The fourth-order valence-electron chi connectivity index (χ4n) is 0.383. The Morgan fingerprint density at radius 2 is 2.27 bits per heavy atom. The van der Waals surface area contributed by atoms with Crippen molar-refractivity contribution in [3.05, 3.63) is 12.3 Å². The van der Waals surface area contributed by atoms with Crippen molar-refractivity contribution in [3.63, 3.8) is 0 Å². The molecule has 0 atom stereocenters. The van der Waals surface area contributed by atoms with E-state index in [1.165, 1.54) is 0 Å². The van der Waals surface area contributed by atoms with Crippen LogP contribution in [0.3, 0.4) is 0 Å². The normalized spacial score (nSPS) is 10.5. The minimum atomic E-state index is -1.48. The van der Waals surface area contributed by atoms with Crippen LogP contribution >= 0.6 is 0 Å². The maximum Gasteiger partial charge on any atom is 0.406 e. The highest BCUT2D eigenvalue weighted by Gasteiger charge is 2.17. The van der Waals surface area contributed by atoms with Crippen molar-refractivity contribution in [3.8, 4) is 0 Å². The van der Waals surface area contributed by atoms with E-state index in [2.05, 4.69) is 25.0 Å². The fraction of sp³-hybridized carbons (Fsp3) is 0.571. The van der Waals surface area contributed by atoms with E-state index in [-0.39, 0.29) is 6.09 Å². The van der Waals surface area contributed by atoms with Gasteiger partial charge in [0.2, 0.25) is 0 Å². The molecule has 0 radical (unpaired) electrons. The number of hydrogen-bond donors (Lipinski definition) is 1. The van der Waals surface area contributed by atoms with Crippen molar-refractivity contribution >= 4 is 14.2 Å². The predicted molar refractivity (Wildman–Crippen MR) is 48.1 cm³/mol. The lowest BCUT2D eigenvalue weighted by molar-refractivity contribution is 0.165. The van der Waals surface area contributed by atoms with Gasteiger partial charge in [0.05, 0.1) is 6.23 Å². The lowest BCUT2D eigenvalue weighted by Gasteiger charge is -2.16. The van der Waals surface area contributed by atoms with Crippen LogP contribution in [-0.2, 0) is 4.74 Å². The molecule has 64 valence electrons. The van der Waals surface area contributed by atoms with E-state index in [1.807, 2.05) is 5.70 Å². The molecule has 0 saturated carbocycles. The molecule has 0 heterocycles. The van der Waals surface area contributed by atoms with Crippen LogP contribution in [0.4, 0.5) is 4.79 Å². The molecular weight excluding hydrogens is 158 g/mol. The monoisotopic (exact) mass is 173 g/mol. The molecule has 1 N–H and O–H groups in total. The third-order valence-corrected chi connectivity index (χ3v) is 3.33. The first-order valence-corrected chi connectivity index (χ1v) is 6.78. The largest absolute Gasteiger partial charge is 0.453 e.